The molecule has 184 valence electrons. The van der Waals surface area contributed by atoms with E-state index in [4.69, 9.17) is 31.2 Å². The zero-order valence-corrected chi connectivity index (χ0v) is 20.8. The zero-order chi connectivity index (χ0) is 25.5. The van der Waals surface area contributed by atoms with Crippen molar-refractivity contribution in [2.45, 2.75) is 6.92 Å². The number of rotatable bonds is 8. The maximum Gasteiger partial charge on any atom is 0.264 e. The first kappa shape index (κ1) is 24.7. The van der Waals surface area contributed by atoms with Crippen molar-refractivity contribution >= 4 is 39.8 Å². The molecule has 0 spiro atoms. The van der Waals surface area contributed by atoms with Crippen molar-refractivity contribution in [1.29, 1.82) is 0 Å². The van der Waals surface area contributed by atoms with E-state index >= 15 is 0 Å². The summed E-state index contributed by atoms with van der Waals surface area (Å²) in [5.74, 6) is 2.72. The monoisotopic (exact) mass is 503 g/mol. The van der Waals surface area contributed by atoms with Crippen LogP contribution in [0, 0.1) is 6.92 Å². The molecule has 8 nitrogen and oxygen atoms in total. The van der Waals surface area contributed by atoms with Crippen LogP contribution in [-0.4, -0.2) is 36.8 Å². The number of fused-ring (bicyclic) bond motifs is 1. The Hall–Kier alpha value is -4.37. The number of hydrogen-bond donors (Lipinski definition) is 2. The van der Waals surface area contributed by atoms with Crippen LogP contribution in [0.25, 0.3) is 10.9 Å². The number of carbonyl (C=O) groups is 1. The average molecular weight is 504 g/mol. The van der Waals surface area contributed by atoms with Gasteiger partial charge in [0, 0.05) is 23.3 Å². The number of pyridine rings is 1. The number of methoxy groups -OCH3 is 2. The van der Waals surface area contributed by atoms with Crippen molar-refractivity contribution in [3.63, 3.8) is 0 Å². The lowest BCUT2D eigenvalue weighted by molar-refractivity contribution is -0.121. The molecule has 9 heteroatoms. The molecule has 0 fully saturated rings. The normalized spacial score (nSPS) is 10.4. The van der Waals surface area contributed by atoms with Crippen LogP contribution in [0.1, 0.15) is 5.56 Å². The third-order valence-corrected chi connectivity index (χ3v) is 5.46. The van der Waals surface area contributed by atoms with Crippen LogP contribution >= 0.6 is 12.2 Å². The highest BCUT2D eigenvalue weighted by atomic mass is 32.1. The minimum Gasteiger partial charge on any atom is -0.493 e. The maximum absolute atomic E-state index is 12.2. The molecule has 4 rings (SSSR count). The van der Waals surface area contributed by atoms with Gasteiger partial charge in [-0.25, -0.2) is 0 Å². The largest absolute Gasteiger partial charge is 0.493 e. The Morgan fingerprint density at radius 2 is 1.64 bits per heavy atom. The number of carbonyl (C=O) groups excluding carboxylic acids is 1. The number of aromatic nitrogens is 1. The molecule has 1 amide bonds. The molecule has 4 aromatic rings. The van der Waals surface area contributed by atoms with Gasteiger partial charge in [-0.3, -0.25) is 15.1 Å². The molecule has 1 aromatic heterocycles. The van der Waals surface area contributed by atoms with Gasteiger partial charge in [0.25, 0.3) is 5.91 Å². The summed E-state index contributed by atoms with van der Waals surface area (Å²) >= 11 is 5.24. The fraction of sp³-hybridized carbons (Fsp3) is 0.148. The first-order valence-electron chi connectivity index (χ1n) is 11.0. The lowest BCUT2D eigenvalue weighted by Gasteiger charge is -2.13. The molecular weight excluding hydrogens is 478 g/mol. The number of ether oxygens (including phenoxy) is 4. The third kappa shape index (κ3) is 6.00. The van der Waals surface area contributed by atoms with Gasteiger partial charge in [0.05, 0.1) is 19.7 Å². The first-order valence-corrected chi connectivity index (χ1v) is 11.5. The second-order valence-electron chi connectivity index (χ2n) is 7.72. The SMILES string of the molecule is COc1cc2nccc(Oc3ccc(NC(=S)NC(=O)COc4ccccc4C)cc3)c2cc1OC. The quantitative estimate of drug-likeness (QED) is 0.315. The molecule has 0 aliphatic carbocycles. The van der Waals surface area contributed by atoms with E-state index in [1.54, 1.807) is 56.8 Å². The van der Waals surface area contributed by atoms with Crippen molar-refractivity contribution in [3.05, 3.63) is 78.5 Å². The average Bonchev–Trinajstić information content (AvgIpc) is 2.88. The van der Waals surface area contributed by atoms with Crippen LogP contribution in [0.3, 0.4) is 0 Å². The van der Waals surface area contributed by atoms with E-state index in [-0.39, 0.29) is 17.6 Å². The predicted octanol–water partition coefficient (Wildman–Crippen LogP) is 5.24. The molecular formula is C27H25N3O5S. The zero-order valence-electron chi connectivity index (χ0n) is 20.0. The fourth-order valence-corrected chi connectivity index (χ4v) is 3.69. The fourth-order valence-electron chi connectivity index (χ4n) is 3.46. The smallest absolute Gasteiger partial charge is 0.264 e. The number of anilines is 1. The van der Waals surface area contributed by atoms with Gasteiger partial charge in [0.1, 0.15) is 17.2 Å². The molecule has 0 unspecified atom stereocenters. The first-order chi connectivity index (χ1) is 17.5. The predicted molar refractivity (Wildman–Crippen MR) is 142 cm³/mol. The highest BCUT2D eigenvalue weighted by molar-refractivity contribution is 7.80. The lowest BCUT2D eigenvalue weighted by Crippen LogP contribution is -2.37. The number of para-hydroxylation sites is 1. The summed E-state index contributed by atoms with van der Waals surface area (Å²) in [6.45, 7) is 1.77. The van der Waals surface area contributed by atoms with E-state index in [0.717, 1.165) is 16.5 Å². The molecule has 36 heavy (non-hydrogen) atoms. The summed E-state index contributed by atoms with van der Waals surface area (Å²) in [6.07, 6.45) is 1.67. The van der Waals surface area contributed by atoms with Crippen LogP contribution < -0.4 is 29.6 Å². The van der Waals surface area contributed by atoms with Gasteiger partial charge < -0.3 is 24.3 Å². The summed E-state index contributed by atoms with van der Waals surface area (Å²) in [5, 5.41) is 6.54. The molecule has 0 bridgehead atoms. The number of benzene rings is 3. The number of nitrogens with zero attached hydrogens (tertiary/aromatic N) is 1. The van der Waals surface area contributed by atoms with Crippen molar-refractivity contribution in [2.75, 3.05) is 26.1 Å². The van der Waals surface area contributed by atoms with Crippen LogP contribution in [0.4, 0.5) is 5.69 Å². The molecule has 0 aliphatic heterocycles. The van der Waals surface area contributed by atoms with E-state index in [1.807, 2.05) is 37.3 Å². The Balaban J connectivity index is 1.36. The summed E-state index contributed by atoms with van der Waals surface area (Å²) in [4.78, 5) is 16.6. The van der Waals surface area contributed by atoms with E-state index < -0.39 is 0 Å². The summed E-state index contributed by atoms with van der Waals surface area (Å²) < 4.78 is 22.4. The van der Waals surface area contributed by atoms with E-state index in [2.05, 4.69) is 15.6 Å². The Kier molecular flexibility index (Phi) is 7.82. The number of aryl methyl sites for hydroxylation is 1. The van der Waals surface area contributed by atoms with Gasteiger partial charge >= 0.3 is 0 Å². The maximum atomic E-state index is 12.2. The number of amides is 1. The van der Waals surface area contributed by atoms with Crippen molar-refractivity contribution < 1.29 is 23.7 Å². The molecule has 0 atom stereocenters. The number of thiocarbonyl (C=S) groups is 1. The Morgan fingerprint density at radius 1 is 0.917 bits per heavy atom. The summed E-state index contributed by atoms with van der Waals surface area (Å²) in [7, 11) is 3.16. The van der Waals surface area contributed by atoms with E-state index in [1.165, 1.54) is 0 Å². The van der Waals surface area contributed by atoms with Gasteiger partial charge in [0.15, 0.2) is 23.2 Å². The van der Waals surface area contributed by atoms with Gasteiger partial charge in [-0.2, -0.15) is 0 Å². The molecule has 2 N–H and O–H groups in total. The minimum atomic E-state index is -0.354. The molecule has 1 heterocycles. The van der Waals surface area contributed by atoms with Gasteiger partial charge in [-0.1, -0.05) is 18.2 Å². The van der Waals surface area contributed by atoms with E-state index in [9.17, 15) is 4.79 Å². The van der Waals surface area contributed by atoms with Crippen molar-refractivity contribution in [1.82, 2.24) is 10.3 Å². The Bertz CT molecular complexity index is 1390. The van der Waals surface area contributed by atoms with Gasteiger partial charge in [0.2, 0.25) is 0 Å². The highest BCUT2D eigenvalue weighted by Gasteiger charge is 2.12. The molecule has 0 saturated carbocycles. The summed E-state index contributed by atoms with van der Waals surface area (Å²) in [6, 6.07) is 20.1. The third-order valence-electron chi connectivity index (χ3n) is 5.25. The van der Waals surface area contributed by atoms with Crippen molar-refractivity contribution in [2.24, 2.45) is 0 Å². The summed E-state index contributed by atoms with van der Waals surface area (Å²) in [5.41, 5.74) is 2.36. The molecule has 0 aliphatic rings. The van der Waals surface area contributed by atoms with E-state index in [0.29, 0.717) is 34.4 Å². The lowest BCUT2D eigenvalue weighted by atomic mass is 10.2. The number of hydrogen-bond acceptors (Lipinski definition) is 7. The molecule has 3 aromatic carbocycles. The van der Waals surface area contributed by atoms with Crippen LogP contribution in [0.5, 0.6) is 28.7 Å². The Labute approximate surface area is 214 Å². The number of nitrogens with one attached hydrogen (secondary N) is 2. The van der Waals surface area contributed by atoms with Crippen molar-refractivity contribution in [3.8, 4) is 28.7 Å². The standard InChI is InChI=1S/C27H25N3O5S/c1-17-6-4-5-7-22(17)34-16-26(31)30-27(36)29-18-8-10-19(11-9-18)35-23-12-13-28-21-15-25(33-3)24(32-2)14-20(21)23/h4-15H,16H2,1-3H3,(H2,29,30,31,36). The second-order valence-corrected chi connectivity index (χ2v) is 8.12. The van der Waals surface area contributed by atoms with Crippen LogP contribution in [-0.2, 0) is 4.79 Å². The molecule has 0 radical (unpaired) electrons. The van der Waals surface area contributed by atoms with Gasteiger partial charge in [-0.05, 0) is 67.2 Å². The van der Waals surface area contributed by atoms with Crippen LogP contribution in [0.15, 0.2) is 72.9 Å². The van der Waals surface area contributed by atoms with Crippen LogP contribution in [0.2, 0.25) is 0 Å². The highest BCUT2D eigenvalue weighted by Crippen LogP contribution is 2.37. The second kappa shape index (κ2) is 11.4. The topological polar surface area (TPSA) is 90.9 Å². The van der Waals surface area contributed by atoms with Gasteiger partial charge in [-0.15, -0.1) is 0 Å². The Morgan fingerprint density at radius 3 is 2.36 bits per heavy atom. The minimum absolute atomic E-state index is 0.143. The molecule has 0 saturated heterocycles.